The van der Waals surface area contributed by atoms with Crippen LogP contribution in [0.5, 0.6) is 0 Å². The number of aryl methyl sites for hydroxylation is 1. The Morgan fingerprint density at radius 1 is 0.921 bits per heavy atom. The second-order valence-corrected chi connectivity index (χ2v) is 10.1. The second kappa shape index (κ2) is 10.1. The van der Waals surface area contributed by atoms with Gasteiger partial charge in [0.15, 0.2) is 5.69 Å². The third-order valence-electron chi connectivity index (χ3n) is 5.01. The average molecular weight is 581 g/mol. The Morgan fingerprint density at radius 2 is 1.55 bits per heavy atom. The van der Waals surface area contributed by atoms with Gasteiger partial charge in [-0.15, -0.1) is 0 Å². The van der Waals surface area contributed by atoms with Crippen molar-refractivity contribution in [2.75, 3.05) is 5.32 Å². The number of carbonyl (C=O) groups is 2. The van der Waals surface area contributed by atoms with Gasteiger partial charge in [0.25, 0.3) is 11.8 Å². The standard InChI is InChI=1S/C24H20Cl2F6N4O2/c1-11-8-12(25)9-13(20(37)34-22(2,3)4)18(11)33-21(38)16-10-17(24(30,31)32)35-36(16)19-14(23(27,28)29)6-5-7-15(19)26/h5-10H,1-4H3,(H,33,38)(H,34,37). The summed E-state index contributed by atoms with van der Waals surface area (Å²) in [6.07, 6.45) is -10.1. The highest BCUT2D eigenvalue weighted by atomic mass is 35.5. The summed E-state index contributed by atoms with van der Waals surface area (Å²) >= 11 is 12.0. The number of hydrogen-bond acceptors (Lipinski definition) is 3. The number of aromatic nitrogens is 2. The predicted octanol–water partition coefficient (Wildman–Crippen LogP) is 7.31. The number of nitrogens with zero attached hydrogens (tertiary/aromatic N) is 2. The van der Waals surface area contributed by atoms with E-state index in [1.807, 2.05) is 0 Å². The fourth-order valence-corrected chi connectivity index (χ4v) is 4.01. The average Bonchev–Trinajstić information content (AvgIpc) is 3.19. The summed E-state index contributed by atoms with van der Waals surface area (Å²) in [5.41, 5.74) is -5.59. The highest BCUT2D eigenvalue weighted by Gasteiger charge is 2.40. The first-order chi connectivity index (χ1) is 17.3. The SMILES string of the molecule is Cc1cc(Cl)cc(C(=O)NC(C)(C)C)c1NC(=O)c1cc(C(F)(F)F)nn1-c1c(Cl)cccc1C(F)(F)F. The van der Waals surface area contributed by atoms with E-state index in [1.54, 1.807) is 20.8 Å². The Balaban J connectivity index is 2.20. The van der Waals surface area contributed by atoms with Crippen LogP contribution in [0.15, 0.2) is 36.4 Å². The van der Waals surface area contributed by atoms with Crippen LogP contribution in [-0.2, 0) is 12.4 Å². The number of halogens is 8. The van der Waals surface area contributed by atoms with Gasteiger partial charge in [-0.05, 0) is 57.5 Å². The van der Waals surface area contributed by atoms with Gasteiger partial charge in [0.2, 0.25) is 0 Å². The van der Waals surface area contributed by atoms with Gasteiger partial charge in [0.05, 0.1) is 27.5 Å². The minimum absolute atomic E-state index is 0.113. The Bertz CT molecular complexity index is 1410. The summed E-state index contributed by atoms with van der Waals surface area (Å²) in [6.45, 7) is 6.56. The van der Waals surface area contributed by atoms with E-state index in [2.05, 4.69) is 15.7 Å². The van der Waals surface area contributed by atoms with Crippen molar-refractivity contribution in [1.82, 2.24) is 15.1 Å². The van der Waals surface area contributed by atoms with Gasteiger partial charge in [-0.3, -0.25) is 9.59 Å². The van der Waals surface area contributed by atoms with Gasteiger partial charge >= 0.3 is 12.4 Å². The molecular formula is C24H20Cl2F6N4O2. The van der Waals surface area contributed by atoms with Crippen LogP contribution >= 0.6 is 23.2 Å². The summed E-state index contributed by atoms with van der Waals surface area (Å²) in [7, 11) is 0. The molecule has 2 amide bonds. The number of para-hydroxylation sites is 1. The Morgan fingerprint density at radius 3 is 2.11 bits per heavy atom. The van der Waals surface area contributed by atoms with E-state index in [-0.39, 0.29) is 26.5 Å². The largest absolute Gasteiger partial charge is 0.435 e. The van der Waals surface area contributed by atoms with Gasteiger partial charge < -0.3 is 10.6 Å². The fraction of sp³-hybridized carbons (Fsp3) is 0.292. The molecule has 38 heavy (non-hydrogen) atoms. The van der Waals surface area contributed by atoms with E-state index in [1.165, 1.54) is 19.1 Å². The van der Waals surface area contributed by atoms with Gasteiger partial charge in [-0.2, -0.15) is 31.4 Å². The summed E-state index contributed by atoms with van der Waals surface area (Å²) < 4.78 is 81.9. The lowest BCUT2D eigenvalue weighted by Gasteiger charge is -2.22. The normalized spacial score (nSPS) is 12.4. The van der Waals surface area contributed by atoms with E-state index in [4.69, 9.17) is 23.2 Å². The Kier molecular flexibility index (Phi) is 7.82. The lowest BCUT2D eigenvalue weighted by atomic mass is 10.0. The molecule has 0 aliphatic rings. The van der Waals surface area contributed by atoms with Crippen molar-refractivity contribution in [3.63, 3.8) is 0 Å². The zero-order valence-electron chi connectivity index (χ0n) is 20.2. The predicted molar refractivity (Wildman–Crippen MR) is 130 cm³/mol. The molecule has 0 atom stereocenters. The van der Waals surface area contributed by atoms with Crippen molar-refractivity contribution in [3.8, 4) is 5.69 Å². The molecule has 0 fully saturated rings. The highest BCUT2D eigenvalue weighted by Crippen LogP contribution is 2.39. The molecule has 1 heterocycles. The number of nitrogens with one attached hydrogen (secondary N) is 2. The smallest absolute Gasteiger partial charge is 0.347 e. The van der Waals surface area contributed by atoms with Crippen molar-refractivity contribution in [2.24, 2.45) is 0 Å². The fourth-order valence-electron chi connectivity index (χ4n) is 3.48. The molecule has 0 radical (unpaired) electrons. The van der Waals surface area contributed by atoms with Crippen molar-refractivity contribution in [2.45, 2.75) is 45.6 Å². The van der Waals surface area contributed by atoms with E-state index >= 15 is 0 Å². The first kappa shape index (κ1) is 29.3. The molecule has 0 bridgehead atoms. The first-order valence-electron chi connectivity index (χ1n) is 10.8. The summed E-state index contributed by atoms with van der Waals surface area (Å²) in [4.78, 5) is 26.2. The zero-order chi connectivity index (χ0) is 28.8. The van der Waals surface area contributed by atoms with Crippen LogP contribution in [0.3, 0.4) is 0 Å². The monoisotopic (exact) mass is 580 g/mol. The molecule has 0 aliphatic carbocycles. The van der Waals surface area contributed by atoms with Gasteiger partial charge in [0, 0.05) is 16.6 Å². The van der Waals surface area contributed by atoms with Crippen molar-refractivity contribution < 1.29 is 35.9 Å². The van der Waals surface area contributed by atoms with Gasteiger partial charge in [0.1, 0.15) is 5.69 Å². The van der Waals surface area contributed by atoms with Crippen LogP contribution < -0.4 is 10.6 Å². The molecule has 6 nitrogen and oxygen atoms in total. The highest BCUT2D eigenvalue weighted by molar-refractivity contribution is 6.32. The van der Waals surface area contributed by atoms with E-state index in [0.717, 1.165) is 12.1 Å². The molecule has 2 N–H and O–H groups in total. The van der Waals surface area contributed by atoms with Gasteiger partial charge in [-0.1, -0.05) is 29.3 Å². The van der Waals surface area contributed by atoms with Crippen molar-refractivity contribution >= 4 is 40.7 Å². The lowest BCUT2D eigenvalue weighted by Crippen LogP contribution is -2.41. The quantitative estimate of drug-likeness (QED) is 0.318. The van der Waals surface area contributed by atoms with Crippen LogP contribution in [0, 0.1) is 6.92 Å². The van der Waals surface area contributed by atoms with Crippen LogP contribution in [0.4, 0.5) is 32.0 Å². The van der Waals surface area contributed by atoms with Crippen LogP contribution in [0.25, 0.3) is 5.69 Å². The van der Waals surface area contributed by atoms with E-state index < -0.39 is 57.4 Å². The molecule has 2 aromatic carbocycles. The minimum atomic E-state index is -5.10. The molecule has 0 saturated carbocycles. The molecule has 0 saturated heterocycles. The third-order valence-corrected chi connectivity index (χ3v) is 5.53. The number of alkyl halides is 6. The van der Waals surface area contributed by atoms with Crippen LogP contribution in [-0.4, -0.2) is 27.1 Å². The molecule has 1 aromatic heterocycles. The Hall–Kier alpha value is -3.25. The molecular weight excluding hydrogens is 561 g/mol. The summed E-state index contributed by atoms with van der Waals surface area (Å²) in [5.74, 6) is -1.94. The molecule has 0 aliphatic heterocycles. The second-order valence-electron chi connectivity index (χ2n) is 9.26. The number of carbonyl (C=O) groups excluding carboxylic acids is 2. The molecule has 0 unspecified atom stereocenters. The lowest BCUT2D eigenvalue weighted by molar-refractivity contribution is -0.141. The maximum absolute atomic E-state index is 13.7. The third kappa shape index (κ3) is 6.41. The summed E-state index contributed by atoms with van der Waals surface area (Å²) in [5, 5.41) is 7.78. The van der Waals surface area contributed by atoms with E-state index in [9.17, 15) is 35.9 Å². The number of benzene rings is 2. The van der Waals surface area contributed by atoms with E-state index in [0.29, 0.717) is 12.1 Å². The van der Waals surface area contributed by atoms with Crippen molar-refractivity contribution in [1.29, 1.82) is 0 Å². The molecule has 3 aromatic rings. The number of rotatable bonds is 4. The maximum Gasteiger partial charge on any atom is 0.435 e. The zero-order valence-corrected chi connectivity index (χ0v) is 21.7. The topological polar surface area (TPSA) is 76.0 Å². The molecule has 3 rings (SSSR count). The number of hydrogen-bond donors (Lipinski definition) is 2. The molecule has 204 valence electrons. The Labute approximate surface area is 222 Å². The summed E-state index contributed by atoms with van der Waals surface area (Å²) in [6, 6.07) is 5.48. The van der Waals surface area contributed by atoms with Crippen molar-refractivity contribution in [3.05, 3.63) is 74.5 Å². The van der Waals surface area contributed by atoms with Crippen LogP contribution in [0.1, 0.15) is 58.4 Å². The number of anilines is 1. The molecule has 0 spiro atoms. The first-order valence-corrected chi connectivity index (χ1v) is 11.5. The maximum atomic E-state index is 13.7. The molecule has 14 heteroatoms. The van der Waals surface area contributed by atoms with Gasteiger partial charge in [-0.25, -0.2) is 4.68 Å². The number of amides is 2. The van der Waals surface area contributed by atoms with Crippen LogP contribution in [0.2, 0.25) is 10.0 Å². The minimum Gasteiger partial charge on any atom is -0.347 e.